The zero-order chi connectivity index (χ0) is 9.36. The van der Waals surface area contributed by atoms with Gasteiger partial charge in [-0.1, -0.05) is 30.3 Å². The largest absolute Gasteiger partial charge is 0.381 e. The topological polar surface area (TPSA) is 9.23 Å². The fourth-order valence-electron chi connectivity index (χ4n) is 1.03. The van der Waals surface area contributed by atoms with Gasteiger partial charge in [-0.15, -0.1) is 0 Å². The lowest BCUT2D eigenvalue weighted by atomic mass is 10.2. The molecule has 0 N–H and O–H groups in total. The Hall–Kier alpha value is -0.470. The lowest BCUT2D eigenvalue weighted by Crippen LogP contribution is -1.96. The second-order valence-corrected chi connectivity index (χ2v) is 3.84. The molecule has 1 rings (SSSR count). The molecule has 72 valence electrons. The van der Waals surface area contributed by atoms with Crippen LogP contribution in [0.3, 0.4) is 0 Å². The van der Waals surface area contributed by atoms with E-state index in [-0.39, 0.29) is 0 Å². The maximum absolute atomic E-state index is 5.25. The molecule has 1 nitrogen and oxygen atoms in total. The second-order valence-electron chi connectivity index (χ2n) is 2.74. The molecule has 0 unspecified atom stereocenters. The first kappa shape index (κ1) is 10.6. The smallest absolute Gasteiger partial charge is 0.0556 e. The van der Waals surface area contributed by atoms with E-state index < -0.39 is 0 Å². The van der Waals surface area contributed by atoms with Crippen LogP contribution in [0, 0.1) is 0 Å². The van der Waals surface area contributed by atoms with Gasteiger partial charge < -0.3 is 4.74 Å². The van der Waals surface area contributed by atoms with E-state index in [1.54, 1.807) is 0 Å². The van der Waals surface area contributed by atoms with Gasteiger partial charge in [-0.05, 0) is 12.5 Å². The van der Waals surface area contributed by atoms with Gasteiger partial charge in [-0.3, -0.25) is 0 Å². The molecule has 2 heteroatoms. The third kappa shape index (κ3) is 4.96. The van der Waals surface area contributed by atoms with Crippen LogP contribution in [-0.2, 0) is 10.5 Å². The summed E-state index contributed by atoms with van der Waals surface area (Å²) in [4.78, 5) is 0. The molecule has 0 aliphatic heterocycles. The quantitative estimate of drug-likeness (QED) is 0.647. The summed E-state index contributed by atoms with van der Waals surface area (Å²) >= 11 is 1.92. The molecule has 0 aromatic heterocycles. The summed E-state index contributed by atoms with van der Waals surface area (Å²) < 4.78 is 5.25. The minimum atomic E-state index is 0.825. The summed E-state index contributed by atoms with van der Waals surface area (Å²) in [6.07, 6.45) is 0. The van der Waals surface area contributed by atoms with Crippen LogP contribution in [-0.4, -0.2) is 19.0 Å². The summed E-state index contributed by atoms with van der Waals surface area (Å²) in [5.74, 6) is 2.18. The van der Waals surface area contributed by atoms with Crippen molar-refractivity contribution in [2.75, 3.05) is 19.0 Å². The Morgan fingerprint density at radius 2 is 2.00 bits per heavy atom. The zero-order valence-electron chi connectivity index (χ0n) is 8.03. The molecular weight excluding hydrogens is 180 g/mol. The fraction of sp³-hybridized carbons (Fsp3) is 0.455. The summed E-state index contributed by atoms with van der Waals surface area (Å²) in [6.45, 7) is 3.72. The van der Waals surface area contributed by atoms with Crippen LogP contribution >= 0.6 is 11.8 Å². The predicted octanol–water partition coefficient (Wildman–Crippen LogP) is 2.96. The lowest BCUT2D eigenvalue weighted by molar-refractivity contribution is 0.164. The van der Waals surface area contributed by atoms with Crippen LogP contribution in [0.5, 0.6) is 0 Å². The molecule has 0 aliphatic carbocycles. The monoisotopic (exact) mass is 196 g/mol. The third-order valence-corrected chi connectivity index (χ3v) is 2.68. The number of ether oxygens (including phenoxy) is 1. The molecule has 1 aromatic carbocycles. The van der Waals surface area contributed by atoms with Gasteiger partial charge in [0.1, 0.15) is 0 Å². The Labute approximate surface area is 84.5 Å². The Morgan fingerprint density at radius 3 is 2.69 bits per heavy atom. The SMILES string of the molecule is CCOCCSCc1ccccc1. The first-order chi connectivity index (χ1) is 6.43. The van der Waals surface area contributed by atoms with E-state index in [1.165, 1.54) is 5.56 Å². The van der Waals surface area contributed by atoms with Gasteiger partial charge in [0, 0.05) is 18.1 Å². The van der Waals surface area contributed by atoms with E-state index in [2.05, 4.69) is 24.3 Å². The van der Waals surface area contributed by atoms with E-state index in [1.807, 2.05) is 24.8 Å². The molecule has 1 aromatic rings. The van der Waals surface area contributed by atoms with Crippen molar-refractivity contribution in [3.05, 3.63) is 35.9 Å². The van der Waals surface area contributed by atoms with Crippen molar-refractivity contribution in [1.82, 2.24) is 0 Å². The fourth-order valence-corrected chi connectivity index (χ4v) is 1.83. The van der Waals surface area contributed by atoms with Crippen molar-refractivity contribution in [2.24, 2.45) is 0 Å². The van der Waals surface area contributed by atoms with E-state index >= 15 is 0 Å². The first-order valence-electron chi connectivity index (χ1n) is 4.63. The molecule has 0 heterocycles. The summed E-state index contributed by atoms with van der Waals surface area (Å²) in [7, 11) is 0. The highest BCUT2D eigenvalue weighted by Crippen LogP contribution is 2.10. The maximum Gasteiger partial charge on any atom is 0.0556 e. The number of hydrogen-bond acceptors (Lipinski definition) is 2. The Morgan fingerprint density at radius 1 is 1.23 bits per heavy atom. The highest BCUT2D eigenvalue weighted by atomic mass is 32.2. The average Bonchev–Trinajstić information content (AvgIpc) is 2.19. The van der Waals surface area contributed by atoms with Gasteiger partial charge in [0.25, 0.3) is 0 Å². The highest BCUT2D eigenvalue weighted by molar-refractivity contribution is 7.98. The molecule has 0 saturated carbocycles. The number of thioether (sulfide) groups is 1. The van der Waals surface area contributed by atoms with E-state index in [9.17, 15) is 0 Å². The Bertz CT molecular complexity index is 211. The normalized spacial score (nSPS) is 10.2. The minimum Gasteiger partial charge on any atom is -0.381 e. The van der Waals surface area contributed by atoms with Crippen molar-refractivity contribution < 1.29 is 4.74 Å². The van der Waals surface area contributed by atoms with Crippen LogP contribution in [0.2, 0.25) is 0 Å². The van der Waals surface area contributed by atoms with E-state index in [0.29, 0.717) is 0 Å². The predicted molar refractivity (Wildman–Crippen MR) is 59.1 cm³/mol. The van der Waals surface area contributed by atoms with Crippen molar-refractivity contribution in [3.8, 4) is 0 Å². The zero-order valence-corrected chi connectivity index (χ0v) is 8.85. The first-order valence-corrected chi connectivity index (χ1v) is 5.78. The minimum absolute atomic E-state index is 0.825. The third-order valence-electron chi connectivity index (χ3n) is 1.69. The molecule has 13 heavy (non-hydrogen) atoms. The van der Waals surface area contributed by atoms with Gasteiger partial charge >= 0.3 is 0 Å². The van der Waals surface area contributed by atoms with Gasteiger partial charge in [-0.25, -0.2) is 0 Å². The van der Waals surface area contributed by atoms with Crippen LogP contribution in [0.15, 0.2) is 30.3 Å². The Kier molecular flexibility index (Phi) is 5.70. The molecule has 0 spiro atoms. The van der Waals surface area contributed by atoms with Gasteiger partial charge in [-0.2, -0.15) is 11.8 Å². The van der Waals surface area contributed by atoms with E-state index in [4.69, 9.17) is 4.74 Å². The molecule has 0 amide bonds. The molecule has 0 atom stereocenters. The Balaban J connectivity index is 2.07. The summed E-state index contributed by atoms with van der Waals surface area (Å²) in [5, 5.41) is 0. The molecule has 0 bridgehead atoms. The van der Waals surface area contributed by atoms with Gasteiger partial charge in [0.2, 0.25) is 0 Å². The lowest BCUT2D eigenvalue weighted by Gasteiger charge is -2.01. The van der Waals surface area contributed by atoms with Gasteiger partial charge in [0.15, 0.2) is 0 Å². The second kappa shape index (κ2) is 6.98. The van der Waals surface area contributed by atoms with Crippen molar-refractivity contribution in [3.63, 3.8) is 0 Å². The van der Waals surface area contributed by atoms with Crippen molar-refractivity contribution in [2.45, 2.75) is 12.7 Å². The van der Waals surface area contributed by atoms with E-state index in [0.717, 1.165) is 24.7 Å². The van der Waals surface area contributed by atoms with Crippen LogP contribution in [0.1, 0.15) is 12.5 Å². The highest BCUT2D eigenvalue weighted by Gasteiger charge is 1.91. The van der Waals surface area contributed by atoms with Crippen LogP contribution < -0.4 is 0 Å². The van der Waals surface area contributed by atoms with Gasteiger partial charge in [0.05, 0.1) is 6.61 Å². The number of hydrogen-bond donors (Lipinski definition) is 0. The average molecular weight is 196 g/mol. The molecule has 0 saturated heterocycles. The molecule has 0 aliphatic rings. The van der Waals surface area contributed by atoms with Crippen LogP contribution in [0.25, 0.3) is 0 Å². The standard InChI is InChI=1S/C11H16OS/c1-2-12-8-9-13-10-11-6-4-3-5-7-11/h3-7H,2,8-10H2,1H3. The summed E-state index contributed by atoms with van der Waals surface area (Å²) in [6, 6.07) is 10.5. The number of benzene rings is 1. The molecular formula is C11H16OS. The van der Waals surface area contributed by atoms with Crippen molar-refractivity contribution in [1.29, 1.82) is 0 Å². The number of rotatable bonds is 6. The maximum atomic E-state index is 5.25. The van der Waals surface area contributed by atoms with Crippen LogP contribution in [0.4, 0.5) is 0 Å². The summed E-state index contributed by atoms with van der Waals surface area (Å²) in [5.41, 5.74) is 1.39. The molecule has 0 fully saturated rings. The van der Waals surface area contributed by atoms with Crippen molar-refractivity contribution >= 4 is 11.8 Å². The molecule has 0 radical (unpaired) electrons.